The number of carboxylic acids is 1. The summed E-state index contributed by atoms with van der Waals surface area (Å²) in [5, 5.41) is 12.8. The van der Waals surface area contributed by atoms with Gasteiger partial charge in [-0.25, -0.2) is 0 Å². The summed E-state index contributed by atoms with van der Waals surface area (Å²) in [7, 11) is 0. The second kappa shape index (κ2) is 3.82. The van der Waals surface area contributed by atoms with Crippen LogP contribution < -0.4 is 0 Å². The minimum absolute atomic E-state index is 0.193. The standard InChI is InChI=1S/C10H14N2O2/c13-10(14)5-4-9-6-7-11-12(9)8-2-1-3-8/h6-8H,1-5H2,(H,13,14). The molecule has 4 nitrogen and oxygen atoms in total. The molecule has 1 heterocycles. The molecule has 0 unspecified atom stereocenters. The number of nitrogens with zero attached hydrogens (tertiary/aromatic N) is 2. The zero-order valence-electron chi connectivity index (χ0n) is 8.02. The Bertz CT molecular complexity index is 329. The second-order valence-corrected chi connectivity index (χ2v) is 3.75. The SMILES string of the molecule is O=C(O)CCc1ccnn1C1CCC1. The Morgan fingerprint density at radius 2 is 2.43 bits per heavy atom. The van der Waals surface area contributed by atoms with E-state index < -0.39 is 5.97 Å². The summed E-state index contributed by atoms with van der Waals surface area (Å²) in [6, 6.07) is 2.44. The largest absolute Gasteiger partial charge is 0.481 e. The summed E-state index contributed by atoms with van der Waals surface area (Å²) >= 11 is 0. The van der Waals surface area contributed by atoms with E-state index in [1.807, 2.05) is 10.7 Å². The third-order valence-electron chi connectivity index (χ3n) is 2.77. The van der Waals surface area contributed by atoms with Crippen molar-refractivity contribution in [2.24, 2.45) is 0 Å². The fourth-order valence-corrected chi connectivity index (χ4v) is 1.73. The van der Waals surface area contributed by atoms with Gasteiger partial charge in [-0.05, 0) is 31.7 Å². The van der Waals surface area contributed by atoms with Gasteiger partial charge in [0.15, 0.2) is 0 Å². The quantitative estimate of drug-likeness (QED) is 0.792. The smallest absolute Gasteiger partial charge is 0.303 e. The molecule has 0 spiro atoms. The van der Waals surface area contributed by atoms with Crippen LogP contribution >= 0.6 is 0 Å². The molecule has 1 N–H and O–H groups in total. The van der Waals surface area contributed by atoms with Crippen molar-refractivity contribution in [3.05, 3.63) is 18.0 Å². The van der Waals surface area contributed by atoms with Crippen molar-refractivity contribution in [3.8, 4) is 0 Å². The van der Waals surface area contributed by atoms with E-state index in [9.17, 15) is 4.79 Å². The highest BCUT2D eigenvalue weighted by atomic mass is 16.4. The van der Waals surface area contributed by atoms with Crippen LogP contribution in [0.5, 0.6) is 0 Å². The van der Waals surface area contributed by atoms with Gasteiger partial charge in [0.05, 0.1) is 12.5 Å². The van der Waals surface area contributed by atoms with Gasteiger partial charge in [-0.3, -0.25) is 9.48 Å². The zero-order valence-corrected chi connectivity index (χ0v) is 8.02. The fraction of sp³-hybridized carbons (Fsp3) is 0.600. The first-order valence-corrected chi connectivity index (χ1v) is 5.01. The van der Waals surface area contributed by atoms with Gasteiger partial charge in [0.25, 0.3) is 0 Å². The Kier molecular flexibility index (Phi) is 2.52. The van der Waals surface area contributed by atoms with Crippen LogP contribution in [0.3, 0.4) is 0 Å². The molecule has 1 aromatic rings. The van der Waals surface area contributed by atoms with Crippen molar-refractivity contribution in [1.29, 1.82) is 0 Å². The summed E-state index contributed by atoms with van der Waals surface area (Å²) in [5.41, 5.74) is 1.05. The number of aliphatic carboxylic acids is 1. The maximum Gasteiger partial charge on any atom is 0.303 e. The molecule has 4 heteroatoms. The summed E-state index contributed by atoms with van der Waals surface area (Å²) in [4.78, 5) is 10.4. The lowest BCUT2D eigenvalue weighted by molar-refractivity contribution is -0.137. The fourth-order valence-electron chi connectivity index (χ4n) is 1.73. The minimum Gasteiger partial charge on any atom is -0.481 e. The molecule has 76 valence electrons. The molecule has 14 heavy (non-hydrogen) atoms. The first-order valence-electron chi connectivity index (χ1n) is 5.01. The van der Waals surface area contributed by atoms with Gasteiger partial charge >= 0.3 is 5.97 Å². The lowest BCUT2D eigenvalue weighted by Crippen LogP contribution is -2.20. The van der Waals surface area contributed by atoms with Crippen LogP contribution in [0.25, 0.3) is 0 Å². The number of rotatable bonds is 4. The van der Waals surface area contributed by atoms with E-state index in [1.54, 1.807) is 6.20 Å². The Hall–Kier alpha value is -1.32. The second-order valence-electron chi connectivity index (χ2n) is 3.75. The van der Waals surface area contributed by atoms with E-state index in [2.05, 4.69) is 5.10 Å². The highest BCUT2D eigenvalue weighted by molar-refractivity contribution is 5.66. The monoisotopic (exact) mass is 194 g/mol. The summed E-state index contributed by atoms with van der Waals surface area (Å²) < 4.78 is 1.99. The van der Waals surface area contributed by atoms with Crippen LogP contribution in [-0.4, -0.2) is 20.9 Å². The highest BCUT2D eigenvalue weighted by Crippen LogP contribution is 2.31. The molecule has 1 saturated carbocycles. The van der Waals surface area contributed by atoms with Crippen LogP contribution in [0.2, 0.25) is 0 Å². The van der Waals surface area contributed by atoms with Crippen molar-refractivity contribution < 1.29 is 9.90 Å². The maximum atomic E-state index is 10.4. The Balaban J connectivity index is 2.01. The molecule has 1 aromatic heterocycles. The Morgan fingerprint density at radius 1 is 1.64 bits per heavy atom. The average Bonchev–Trinajstić information content (AvgIpc) is 2.46. The van der Waals surface area contributed by atoms with E-state index >= 15 is 0 Å². The van der Waals surface area contributed by atoms with Gasteiger partial charge in [0.1, 0.15) is 0 Å². The zero-order chi connectivity index (χ0) is 9.97. The molecular weight excluding hydrogens is 180 g/mol. The predicted molar refractivity (Wildman–Crippen MR) is 51.1 cm³/mol. The lowest BCUT2D eigenvalue weighted by Gasteiger charge is -2.27. The molecule has 0 amide bonds. The normalized spacial score (nSPS) is 16.6. The van der Waals surface area contributed by atoms with Crippen molar-refractivity contribution in [2.75, 3.05) is 0 Å². The van der Waals surface area contributed by atoms with Gasteiger partial charge in [-0.1, -0.05) is 0 Å². The van der Waals surface area contributed by atoms with Crippen molar-refractivity contribution in [3.63, 3.8) is 0 Å². The number of hydrogen-bond acceptors (Lipinski definition) is 2. The van der Waals surface area contributed by atoms with Crippen LogP contribution in [0, 0.1) is 0 Å². The van der Waals surface area contributed by atoms with Gasteiger partial charge < -0.3 is 5.11 Å². The van der Waals surface area contributed by atoms with Crippen molar-refractivity contribution >= 4 is 5.97 Å². The highest BCUT2D eigenvalue weighted by Gasteiger charge is 2.21. The third-order valence-corrected chi connectivity index (χ3v) is 2.77. The molecule has 1 aliphatic carbocycles. The summed E-state index contributed by atoms with van der Waals surface area (Å²) in [6.45, 7) is 0. The maximum absolute atomic E-state index is 10.4. The summed E-state index contributed by atoms with van der Waals surface area (Å²) in [5.74, 6) is -0.744. The van der Waals surface area contributed by atoms with E-state index in [-0.39, 0.29) is 6.42 Å². The first-order chi connectivity index (χ1) is 6.77. The molecular formula is C10H14N2O2. The topological polar surface area (TPSA) is 55.1 Å². The number of carbonyl (C=O) groups is 1. The molecule has 1 aliphatic rings. The van der Waals surface area contributed by atoms with Crippen LogP contribution in [0.15, 0.2) is 12.3 Å². The predicted octanol–water partition coefficient (Wildman–Crippen LogP) is 1.63. The third kappa shape index (κ3) is 1.78. The molecule has 0 aromatic carbocycles. The molecule has 2 rings (SSSR count). The van der Waals surface area contributed by atoms with Gasteiger partial charge in [-0.2, -0.15) is 5.10 Å². The molecule has 0 aliphatic heterocycles. The van der Waals surface area contributed by atoms with E-state index in [4.69, 9.17) is 5.11 Å². The molecule has 0 saturated heterocycles. The molecule has 0 bridgehead atoms. The lowest BCUT2D eigenvalue weighted by atomic mass is 9.93. The first kappa shape index (κ1) is 9.24. The molecule has 0 atom stereocenters. The average molecular weight is 194 g/mol. The van der Waals surface area contributed by atoms with Crippen LogP contribution in [0.1, 0.15) is 37.4 Å². The number of carboxylic acid groups (broad SMARTS) is 1. The van der Waals surface area contributed by atoms with Gasteiger partial charge in [-0.15, -0.1) is 0 Å². The van der Waals surface area contributed by atoms with Gasteiger partial charge in [0.2, 0.25) is 0 Å². The minimum atomic E-state index is -0.744. The van der Waals surface area contributed by atoms with Crippen molar-refractivity contribution in [2.45, 2.75) is 38.1 Å². The number of hydrogen-bond donors (Lipinski definition) is 1. The van der Waals surface area contributed by atoms with Gasteiger partial charge in [0, 0.05) is 11.9 Å². The molecule has 0 radical (unpaired) electrons. The van der Waals surface area contributed by atoms with Crippen LogP contribution in [0.4, 0.5) is 0 Å². The Morgan fingerprint density at radius 3 is 3.00 bits per heavy atom. The van der Waals surface area contributed by atoms with Crippen LogP contribution in [-0.2, 0) is 11.2 Å². The summed E-state index contributed by atoms with van der Waals surface area (Å²) in [6.07, 6.45) is 6.17. The van der Waals surface area contributed by atoms with Crippen molar-refractivity contribution in [1.82, 2.24) is 9.78 Å². The number of aryl methyl sites for hydroxylation is 1. The van der Waals surface area contributed by atoms with E-state index in [0.29, 0.717) is 12.5 Å². The number of aromatic nitrogens is 2. The Labute approximate surface area is 82.5 Å². The van der Waals surface area contributed by atoms with E-state index in [1.165, 1.54) is 19.3 Å². The van der Waals surface area contributed by atoms with E-state index in [0.717, 1.165) is 5.69 Å². The molecule has 1 fully saturated rings.